The number of hydrogen-bond acceptors (Lipinski definition) is 5. The third-order valence-corrected chi connectivity index (χ3v) is 3.80. The summed E-state index contributed by atoms with van der Waals surface area (Å²) in [6.07, 6.45) is 5.43. The van der Waals surface area contributed by atoms with Gasteiger partial charge in [-0.1, -0.05) is 5.16 Å². The summed E-state index contributed by atoms with van der Waals surface area (Å²) in [5.41, 5.74) is 0.879. The molecule has 0 aliphatic carbocycles. The minimum absolute atomic E-state index is 0.0398. The number of amides is 1. The van der Waals surface area contributed by atoms with E-state index in [0.717, 1.165) is 24.3 Å². The van der Waals surface area contributed by atoms with Gasteiger partial charge in [-0.25, -0.2) is 0 Å². The predicted molar refractivity (Wildman–Crippen MR) is 77.1 cm³/mol. The van der Waals surface area contributed by atoms with Crippen LogP contribution in [0.1, 0.15) is 26.2 Å². The van der Waals surface area contributed by atoms with Crippen LogP contribution >= 0.6 is 0 Å². The number of piperidine rings is 1. The van der Waals surface area contributed by atoms with Crippen LogP contribution in [-0.2, 0) is 9.63 Å². The van der Waals surface area contributed by atoms with E-state index in [4.69, 9.17) is 9.57 Å². The Kier molecular flexibility index (Phi) is 4.03. The van der Waals surface area contributed by atoms with Crippen LogP contribution < -0.4 is 4.74 Å². The number of carbonyl (C=O) groups is 1. The Balaban J connectivity index is 1.48. The molecule has 0 bridgehead atoms. The second-order valence-electron chi connectivity index (χ2n) is 5.45. The zero-order chi connectivity index (χ0) is 14.7. The third kappa shape index (κ3) is 3.32. The first-order valence-electron chi connectivity index (χ1n) is 7.27. The van der Waals surface area contributed by atoms with Crippen LogP contribution in [0.5, 0.6) is 5.75 Å². The van der Waals surface area contributed by atoms with Gasteiger partial charge in [-0.15, -0.1) is 0 Å². The molecule has 1 aromatic heterocycles. The van der Waals surface area contributed by atoms with Crippen molar-refractivity contribution in [3.05, 3.63) is 24.5 Å². The van der Waals surface area contributed by atoms with Crippen LogP contribution in [-0.4, -0.2) is 46.8 Å². The van der Waals surface area contributed by atoms with Crippen LogP contribution in [0, 0.1) is 0 Å². The Morgan fingerprint density at radius 2 is 2.05 bits per heavy atom. The molecule has 1 amide bonds. The number of oxime groups is 1. The van der Waals surface area contributed by atoms with E-state index in [1.165, 1.54) is 0 Å². The Morgan fingerprint density at radius 3 is 2.67 bits per heavy atom. The molecule has 0 N–H and O–H groups in total. The maximum Gasteiger partial charge on any atom is 0.266 e. The van der Waals surface area contributed by atoms with Crippen molar-refractivity contribution in [1.82, 2.24) is 9.88 Å². The molecule has 112 valence electrons. The average Bonchev–Trinajstić information content (AvgIpc) is 2.95. The smallest absolute Gasteiger partial charge is 0.266 e. The van der Waals surface area contributed by atoms with Crippen LogP contribution in [0.3, 0.4) is 0 Å². The number of ether oxygens (including phenoxy) is 1. The number of nitrogens with zero attached hydrogens (tertiary/aromatic N) is 3. The maximum atomic E-state index is 12.3. The van der Waals surface area contributed by atoms with Crippen LogP contribution in [0.15, 0.2) is 29.7 Å². The summed E-state index contributed by atoms with van der Waals surface area (Å²) in [6.45, 7) is 3.28. The Labute approximate surface area is 123 Å². The van der Waals surface area contributed by atoms with Gasteiger partial charge < -0.3 is 14.5 Å². The van der Waals surface area contributed by atoms with Gasteiger partial charge in [0.25, 0.3) is 5.91 Å². The van der Waals surface area contributed by atoms with Gasteiger partial charge in [0.2, 0.25) is 6.10 Å². The highest BCUT2D eigenvalue weighted by atomic mass is 16.6. The molecule has 21 heavy (non-hydrogen) atoms. The zero-order valence-corrected chi connectivity index (χ0v) is 12.1. The molecule has 6 heteroatoms. The largest absolute Gasteiger partial charge is 0.490 e. The van der Waals surface area contributed by atoms with Gasteiger partial charge >= 0.3 is 0 Å². The highest BCUT2D eigenvalue weighted by Crippen LogP contribution is 2.20. The van der Waals surface area contributed by atoms with Gasteiger partial charge in [0.05, 0.1) is 5.71 Å². The molecule has 0 unspecified atom stereocenters. The monoisotopic (exact) mass is 289 g/mol. The predicted octanol–water partition coefficient (Wildman–Crippen LogP) is 1.62. The minimum Gasteiger partial charge on any atom is -0.490 e. The summed E-state index contributed by atoms with van der Waals surface area (Å²) in [5.74, 6) is 0.871. The Bertz CT molecular complexity index is 524. The van der Waals surface area contributed by atoms with Crippen molar-refractivity contribution in [2.75, 3.05) is 13.1 Å². The molecular formula is C15H19N3O3. The lowest BCUT2D eigenvalue weighted by atomic mass is 10.1. The van der Waals surface area contributed by atoms with Gasteiger partial charge in [0.15, 0.2) is 0 Å². The quantitative estimate of drug-likeness (QED) is 0.848. The molecule has 1 fully saturated rings. The molecule has 3 rings (SSSR count). The van der Waals surface area contributed by atoms with Crippen molar-refractivity contribution in [2.24, 2.45) is 5.16 Å². The van der Waals surface area contributed by atoms with Crippen LogP contribution in [0.4, 0.5) is 0 Å². The highest BCUT2D eigenvalue weighted by Gasteiger charge is 2.32. The Hall–Kier alpha value is -2.11. The lowest BCUT2D eigenvalue weighted by molar-refractivity contribution is -0.143. The molecule has 1 atom stereocenters. The van der Waals surface area contributed by atoms with E-state index in [-0.39, 0.29) is 12.0 Å². The molecule has 2 aliphatic heterocycles. The number of likely N-dealkylation sites (tertiary alicyclic amines) is 1. The molecule has 3 heterocycles. The van der Waals surface area contributed by atoms with Crippen LogP contribution in [0.25, 0.3) is 0 Å². The average molecular weight is 289 g/mol. The van der Waals surface area contributed by atoms with Crippen molar-refractivity contribution in [3.8, 4) is 5.75 Å². The van der Waals surface area contributed by atoms with Gasteiger partial charge in [0, 0.05) is 44.7 Å². The van der Waals surface area contributed by atoms with Crippen molar-refractivity contribution in [3.63, 3.8) is 0 Å². The molecule has 0 radical (unpaired) electrons. The van der Waals surface area contributed by atoms with Gasteiger partial charge in [-0.3, -0.25) is 9.78 Å². The third-order valence-electron chi connectivity index (χ3n) is 3.80. The van der Waals surface area contributed by atoms with Crippen LogP contribution in [0.2, 0.25) is 0 Å². The number of hydrogen-bond donors (Lipinski definition) is 0. The van der Waals surface area contributed by atoms with E-state index >= 15 is 0 Å². The summed E-state index contributed by atoms with van der Waals surface area (Å²) < 4.78 is 5.89. The maximum absolute atomic E-state index is 12.3. The van der Waals surface area contributed by atoms with Gasteiger partial charge in [-0.05, 0) is 19.1 Å². The molecule has 1 saturated heterocycles. The lowest BCUT2D eigenvalue weighted by Crippen LogP contribution is -2.46. The lowest BCUT2D eigenvalue weighted by Gasteiger charge is -2.33. The molecule has 0 spiro atoms. The topological polar surface area (TPSA) is 64.0 Å². The summed E-state index contributed by atoms with van der Waals surface area (Å²) in [5, 5.41) is 3.84. The number of carbonyl (C=O) groups excluding carboxylic acids is 1. The fraction of sp³-hybridized carbons (Fsp3) is 0.533. The fourth-order valence-corrected chi connectivity index (χ4v) is 2.64. The number of pyridine rings is 1. The molecule has 1 aromatic rings. The van der Waals surface area contributed by atoms with E-state index in [2.05, 4.69) is 10.1 Å². The molecule has 0 saturated carbocycles. The van der Waals surface area contributed by atoms with E-state index < -0.39 is 6.10 Å². The molecule has 2 aliphatic rings. The Morgan fingerprint density at radius 1 is 1.33 bits per heavy atom. The summed E-state index contributed by atoms with van der Waals surface area (Å²) in [4.78, 5) is 23.3. The first kappa shape index (κ1) is 13.9. The zero-order valence-electron chi connectivity index (χ0n) is 12.1. The summed E-state index contributed by atoms with van der Waals surface area (Å²) >= 11 is 0. The highest BCUT2D eigenvalue weighted by molar-refractivity contribution is 5.91. The summed E-state index contributed by atoms with van der Waals surface area (Å²) in [6, 6.07) is 3.70. The second-order valence-corrected chi connectivity index (χ2v) is 5.45. The van der Waals surface area contributed by atoms with Gasteiger partial charge in [-0.2, -0.15) is 0 Å². The minimum atomic E-state index is -0.428. The van der Waals surface area contributed by atoms with Crippen molar-refractivity contribution in [2.45, 2.75) is 38.4 Å². The summed E-state index contributed by atoms with van der Waals surface area (Å²) in [7, 11) is 0. The molecular weight excluding hydrogens is 270 g/mol. The fourth-order valence-electron chi connectivity index (χ4n) is 2.64. The van der Waals surface area contributed by atoms with Crippen molar-refractivity contribution < 1.29 is 14.4 Å². The first-order valence-corrected chi connectivity index (χ1v) is 7.27. The van der Waals surface area contributed by atoms with E-state index in [1.54, 1.807) is 12.4 Å². The number of rotatable bonds is 3. The van der Waals surface area contributed by atoms with E-state index in [1.807, 2.05) is 24.0 Å². The van der Waals surface area contributed by atoms with Crippen molar-refractivity contribution >= 4 is 11.6 Å². The molecule has 0 aromatic carbocycles. The standard InChI is InChI=1S/C15H19N3O3/c1-11-10-14(21-17-11)15(19)18-8-4-13(5-9-18)20-12-2-6-16-7-3-12/h2-3,6-7,13-14H,4-5,8-10H2,1H3/t14-/m1/s1. The van der Waals surface area contributed by atoms with E-state index in [9.17, 15) is 4.79 Å². The molecule has 6 nitrogen and oxygen atoms in total. The number of aromatic nitrogens is 1. The second kappa shape index (κ2) is 6.11. The van der Waals surface area contributed by atoms with Crippen molar-refractivity contribution in [1.29, 1.82) is 0 Å². The SMILES string of the molecule is CC1=NO[C@@H](C(=O)N2CCC(Oc3ccncc3)CC2)C1. The van der Waals surface area contributed by atoms with E-state index in [0.29, 0.717) is 19.5 Å². The normalized spacial score (nSPS) is 22.6. The van der Waals surface area contributed by atoms with Gasteiger partial charge in [0.1, 0.15) is 11.9 Å². The first-order chi connectivity index (χ1) is 10.2.